The molecule has 0 saturated carbocycles. The van der Waals surface area contributed by atoms with Crippen LogP contribution in [0.4, 0.5) is 5.69 Å². The van der Waals surface area contributed by atoms with Crippen molar-refractivity contribution in [1.29, 1.82) is 0 Å². The highest BCUT2D eigenvalue weighted by Gasteiger charge is 2.26. The topological polar surface area (TPSA) is 64.4 Å². The number of amides is 1. The minimum atomic E-state index is -0.889. The Bertz CT molecular complexity index is 459. The minimum absolute atomic E-state index is 0.0466. The maximum absolute atomic E-state index is 11.9. The summed E-state index contributed by atoms with van der Waals surface area (Å²) in [6.45, 7) is 7.41. The van der Waals surface area contributed by atoms with Crippen LogP contribution in [0.15, 0.2) is 18.2 Å². The van der Waals surface area contributed by atoms with Crippen molar-refractivity contribution in [2.45, 2.75) is 45.8 Å². The van der Waals surface area contributed by atoms with E-state index in [2.05, 4.69) is 5.32 Å². The second-order valence-corrected chi connectivity index (χ2v) is 5.44. The number of nitrogens with one attached hydrogen (secondary N) is 1. The summed E-state index contributed by atoms with van der Waals surface area (Å²) in [5, 5.41) is 3.21. The van der Waals surface area contributed by atoms with Crippen molar-refractivity contribution in [1.82, 2.24) is 0 Å². The SMILES string of the molecule is CCC(C)(N)C(=O)Nc1ccc(OC(C)C)c(Cl)c1. The van der Waals surface area contributed by atoms with Gasteiger partial charge in [0, 0.05) is 5.69 Å². The van der Waals surface area contributed by atoms with Gasteiger partial charge in [-0.25, -0.2) is 0 Å². The average Bonchev–Trinajstić information content (AvgIpc) is 2.32. The van der Waals surface area contributed by atoms with Crippen LogP contribution in [0.5, 0.6) is 5.75 Å². The Morgan fingerprint density at radius 3 is 2.63 bits per heavy atom. The van der Waals surface area contributed by atoms with Gasteiger partial charge in [-0.3, -0.25) is 4.79 Å². The Balaban J connectivity index is 2.82. The van der Waals surface area contributed by atoms with Crippen molar-refractivity contribution in [3.05, 3.63) is 23.2 Å². The average molecular weight is 285 g/mol. The lowest BCUT2D eigenvalue weighted by molar-refractivity contribution is -0.120. The maximum Gasteiger partial charge on any atom is 0.244 e. The Morgan fingerprint density at radius 1 is 1.53 bits per heavy atom. The van der Waals surface area contributed by atoms with E-state index in [0.29, 0.717) is 22.9 Å². The lowest BCUT2D eigenvalue weighted by Gasteiger charge is -2.21. The summed E-state index contributed by atoms with van der Waals surface area (Å²) in [5.74, 6) is 0.365. The third-order valence-electron chi connectivity index (χ3n) is 2.81. The molecule has 4 nitrogen and oxygen atoms in total. The van der Waals surface area contributed by atoms with E-state index < -0.39 is 5.54 Å². The first kappa shape index (κ1) is 15.8. The fourth-order valence-electron chi connectivity index (χ4n) is 1.36. The predicted molar refractivity (Wildman–Crippen MR) is 78.7 cm³/mol. The van der Waals surface area contributed by atoms with Crippen LogP contribution in [0.1, 0.15) is 34.1 Å². The van der Waals surface area contributed by atoms with Crippen LogP contribution in [0.25, 0.3) is 0 Å². The van der Waals surface area contributed by atoms with Crippen molar-refractivity contribution in [3.63, 3.8) is 0 Å². The van der Waals surface area contributed by atoms with E-state index in [1.807, 2.05) is 20.8 Å². The van der Waals surface area contributed by atoms with E-state index in [-0.39, 0.29) is 12.0 Å². The Kier molecular flexibility index (Phi) is 5.20. The molecular formula is C14H21ClN2O2. The molecule has 1 atom stereocenters. The molecule has 1 unspecified atom stereocenters. The molecule has 0 fully saturated rings. The molecule has 0 bridgehead atoms. The van der Waals surface area contributed by atoms with Gasteiger partial charge in [0.1, 0.15) is 5.75 Å². The summed E-state index contributed by atoms with van der Waals surface area (Å²) in [6.07, 6.45) is 0.603. The number of hydrogen-bond acceptors (Lipinski definition) is 3. The van der Waals surface area contributed by atoms with Gasteiger partial charge in [0.2, 0.25) is 5.91 Å². The van der Waals surface area contributed by atoms with E-state index in [9.17, 15) is 4.79 Å². The number of nitrogens with two attached hydrogens (primary N) is 1. The van der Waals surface area contributed by atoms with Gasteiger partial charge < -0.3 is 15.8 Å². The Hall–Kier alpha value is -1.26. The van der Waals surface area contributed by atoms with Gasteiger partial charge in [-0.15, -0.1) is 0 Å². The highest BCUT2D eigenvalue weighted by molar-refractivity contribution is 6.32. The lowest BCUT2D eigenvalue weighted by atomic mass is 9.99. The summed E-state index contributed by atoms with van der Waals surface area (Å²) < 4.78 is 5.52. The highest BCUT2D eigenvalue weighted by atomic mass is 35.5. The summed E-state index contributed by atoms with van der Waals surface area (Å²) in [4.78, 5) is 11.9. The molecule has 3 N–H and O–H groups in total. The molecule has 19 heavy (non-hydrogen) atoms. The predicted octanol–water partition coefficient (Wildman–Crippen LogP) is 3.19. The zero-order valence-electron chi connectivity index (χ0n) is 11.8. The van der Waals surface area contributed by atoms with Crippen molar-refractivity contribution in [3.8, 4) is 5.75 Å². The molecule has 0 saturated heterocycles. The van der Waals surface area contributed by atoms with Crippen molar-refractivity contribution in [2.24, 2.45) is 5.73 Å². The first-order valence-electron chi connectivity index (χ1n) is 6.33. The Morgan fingerprint density at radius 2 is 2.16 bits per heavy atom. The molecular weight excluding hydrogens is 264 g/mol. The molecule has 0 heterocycles. The van der Waals surface area contributed by atoms with Gasteiger partial charge in [-0.1, -0.05) is 18.5 Å². The molecule has 0 spiro atoms. The number of ether oxygens (including phenoxy) is 1. The van der Waals surface area contributed by atoms with Gasteiger partial charge in [0.25, 0.3) is 0 Å². The second kappa shape index (κ2) is 6.26. The van der Waals surface area contributed by atoms with Gasteiger partial charge >= 0.3 is 0 Å². The van der Waals surface area contributed by atoms with Crippen LogP contribution in [-0.4, -0.2) is 17.6 Å². The summed E-state index contributed by atoms with van der Waals surface area (Å²) in [5.41, 5.74) is 5.59. The smallest absolute Gasteiger partial charge is 0.244 e. The van der Waals surface area contributed by atoms with Gasteiger partial charge in [0.15, 0.2) is 0 Å². The van der Waals surface area contributed by atoms with E-state index in [0.717, 1.165) is 0 Å². The van der Waals surface area contributed by atoms with Crippen LogP contribution in [0.2, 0.25) is 5.02 Å². The fourth-order valence-corrected chi connectivity index (χ4v) is 1.59. The molecule has 1 rings (SSSR count). The summed E-state index contributed by atoms with van der Waals surface area (Å²) >= 11 is 6.10. The lowest BCUT2D eigenvalue weighted by Crippen LogP contribution is -2.47. The maximum atomic E-state index is 11.9. The van der Waals surface area contributed by atoms with E-state index >= 15 is 0 Å². The number of benzene rings is 1. The molecule has 0 aliphatic rings. The molecule has 1 aromatic rings. The highest BCUT2D eigenvalue weighted by Crippen LogP contribution is 2.28. The minimum Gasteiger partial charge on any atom is -0.489 e. The third kappa shape index (κ3) is 4.40. The molecule has 5 heteroatoms. The molecule has 1 aromatic carbocycles. The number of rotatable bonds is 5. The van der Waals surface area contributed by atoms with Crippen LogP contribution < -0.4 is 15.8 Å². The van der Waals surface area contributed by atoms with Gasteiger partial charge in [0.05, 0.1) is 16.7 Å². The zero-order chi connectivity index (χ0) is 14.6. The van der Waals surface area contributed by atoms with E-state index in [1.54, 1.807) is 25.1 Å². The molecule has 0 radical (unpaired) electrons. The van der Waals surface area contributed by atoms with Crippen LogP contribution >= 0.6 is 11.6 Å². The Labute approximate surface area is 119 Å². The quantitative estimate of drug-likeness (QED) is 0.873. The summed E-state index contributed by atoms with van der Waals surface area (Å²) in [6, 6.07) is 5.13. The van der Waals surface area contributed by atoms with Crippen LogP contribution in [0, 0.1) is 0 Å². The van der Waals surface area contributed by atoms with Crippen molar-refractivity contribution >= 4 is 23.2 Å². The standard InChI is InChI=1S/C14H21ClN2O2/c1-5-14(4,16)13(18)17-10-6-7-12(11(15)8-10)19-9(2)3/h6-9H,5,16H2,1-4H3,(H,17,18). The third-order valence-corrected chi connectivity index (χ3v) is 3.10. The molecule has 1 amide bonds. The monoisotopic (exact) mass is 284 g/mol. The molecule has 0 aliphatic heterocycles. The molecule has 106 valence electrons. The number of halogens is 1. The number of anilines is 1. The first-order valence-corrected chi connectivity index (χ1v) is 6.70. The largest absolute Gasteiger partial charge is 0.489 e. The number of hydrogen-bond donors (Lipinski definition) is 2. The molecule has 0 aromatic heterocycles. The second-order valence-electron chi connectivity index (χ2n) is 5.04. The normalized spacial score (nSPS) is 14.1. The van der Waals surface area contributed by atoms with Gasteiger partial charge in [-0.2, -0.15) is 0 Å². The zero-order valence-corrected chi connectivity index (χ0v) is 12.5. The number of carbonyl (C=O) groups excluding carboxylic acids is 1. The summed E-state index contributed by atoms with van der Waals surface area (Å²) in [7, 11) is 0. The first-order chi connectivity index (χ1) is 8.76. The fraction of sp³-hybridized carbons (Fsp3) is 0.500. The van der Waals surface area contributed by atoms with Crippen molar-refractivity contribution in [2.75, 3.05) is 5.32 Å². The van der Waals surface area contributed by atoms with Crippen molar-refractivity contribution < 1.29 is 9.53 Å². The van der Waals surface area contributed by atoms with Crippen LogP contribution in [0.3, 0.4) is 0 Å². The number of carbonyl (C=O) groups is 1. The molecule has 0 aliphatic carbocycles. The van der Waals surface area contributed by atoms with Crippen LogP contribution in [-0.2, 0) is 4.79 Å². The van der Waals surface area contributed by atoms with E-state index in [4.69, 9.17) is 22.1 Å². The van der Waals surface area contributed by atoms with E-state index in [1.165, 1.54) is 0 Å². The van der Waals surface area contributed by atoms with Gasteiger partial charge in [-0.05, 0) is 45.4 Å².